The van der Waals surface area contributed by atoms with Gasteiger partial charge in [-0.3, -0.25) is 0 Å². The molecule has 0 aliphatic rings. The summed E-state index contributed by atoms with van der Waals surface area (Å²) in [6, 6.07) is 28.0. The minimum atomic E-state index is -3.61. The highest BCUT2D eigenvalue weighted by atomic mass is 31.2. The Hall–Kier alpha value is -2.55. The van der Waals surface area contributed by atoms with Gasteiger partial charge in [0.15, 0.2) is 0 Å². The number of benzene rings is 3. The van der Waals surface area contributed by atoms with Crippen LogP contribution < -0.4 is 14.1 Å². The lowest BCUT2D eigenvalue weighted by atomic mass is 10.1. The first-order chi connectivity index (χ1) is 12.6. The molecule has 0 aromatic heterocycles. The molecule has 0 aliphatic heterocycles. The molecule has 3 rings (SSSR count). The van der Waals surface area contributed by atoms with Crippen molar-refractivity contribution < 1.29 is 13.6 Å². The van der Waals surface area contributed by atoms with Crippen LogP contribution in [0.3, 0.4) is 0 Å². The zero-order valence-corrected chi connectivity index (χ0v) is 15.5. The second kappa shape index (κ2) is 8.70. The van der Waals surface area contributed by atoms with Crippen molar-refractivity contribution in [3.8, 4) is 11.5 Å². The van der Waals surface area contributed by atoms with E-state index in [1.165, 1.54) is 0 Å². The maximum atomic E-state index is 13.4. The van der Waals surface area contributed by atoms with Crippen LogP contribution in [0.4, 0.5) is 0 Å². The summed E-state index contributed by atoms with van der Waals surface area (Å²) in [5, 5.41) is 3.05. The zero-order chi connectivity index (χ0) is 18.2. The fourth-order valence-electron chi connectivity index (χ4n) is 2.59. The molecule has 4 nitrogen and oxygen atoms in total. The Kier molecular flexibility index (Phi) is 6.11. The normalized spacial score (nSPS) is 12.3. The summed E-state index contributed by atoms with van der Waals surface area (Å²) in [5.41, 5.74) is 1.15. The molecule has 0 amide bonds. The van der Waals surface area contributed by atoms with Gasteiger partial charge in [0.05, 0.1) is 0 Å². The monoisotopic (exact) mass is 367 g/mol. The molecule has 0 unspecified atom stereocenters. The van der Waals surface area contributed by atoms with Crippen molar-refractivity contribution in [2.45, 2.75) is 19.4 Å². The largest absolute Gasteiger partial charge is 0.513 e. The summed E-state index contributed by atoms with van der Waals surface area (Å²) in [5.74, 6) is 0.984. The standard InChI is InChI=1S/C21H22NO3P/c1-18(17-19-11-5-2-6-12-19)22-26(23,24-20-13-7-3-8-14-20)25-21-15-9-4-10-16-21/h2-16,18H,17H2,1H3,(H,22,23)/t18-/m0/s1. The fraction of sp³-hybridized carbons (Fsp3) is 0.143. The predicted octanol–water partition coefficient (Wildman–Crippen LogP) is 5.47. The van der Waals surface area contributed by atoms with Crippen molar-refractivity contribution in [1.82, 2.24) is 5.09 Å². The van der Waals surface area contributed by atoms with E-state index < -0.39 is 7.75 Å². The Morgan fingerprint density at radius 1 is 0.769 bits per heavy atom. The van der Waals surface area contributed by atoms with E-state index in [2.05, 4.69) is 5.09 Å². The molecule has 0 saturated carbocycles. The highest BCUT2D eigenvalue weighted by Crippen LogP contribution is 2.45. The van der Waals surface area contributed by atoms with Crippen LogP contribution in [0.1, 0.15) is 12.5 Å². The number of nitrogens with one attached hydrogen (secondary N) is 1. The van der Waals surface area contributed by atoms with Crippen LogP contribution in [0.15, 0.2) is 91.0 Å². The highest BCUT2D eigenvalue weighted by molar-refractivity contribution is 7.52. The summed E-state index contributed by atoms with van der Waals surface area (Å²) in [7, 11) is -3.61. The van der Waals surface area contributed by atoms with E-state index in [4.69, 9.17) is 9.05 Å². The Labute approximate surface area is 154 Å². The van der Waals surface area contributed by atoms with Crippen LogP contribution in [0, 0.1) is 0 Å². The van der Waals surface area contributed by atoms with E-state index in [9.17, 15) is 4.57 Å². The van der Waals surface area contributed by atoms with Crippen LogP contribution in [0.2, 0.25) is 0 Å². The molecule has 26 heavy (non-hydrogen) atoms. The van der Waals surface area contributed by atoms with Gasteiger partial charge in [0.1, 0.15) is 11.5 Å². The average molecular weight is 367 g/mol. The molecule has 1 N–H and O–H groups in total. The van der Waals surface area contributed by atoms with Crippen LogP contribution in [0.25, 0.3) is 0 Å². The summed E-state index contributed by atoms with van der Waals surface area (Å²) in [6.07, 6.45) is 0.709. The average Bonchev–Trinajstić information content (AvgIpc) is 2.63. The summed E-state index contributed by atoms with van der Waals surface area (Å²) in [6.45, 7) is 1.96. The Morgan fingerprint density at radius 3 is 1.65 bits per heavy atom. The van der Waals surface area contributed by atoms with Gasteiger partial charge in [-0.25, -0.2) is 4.57 Å². The zero-order valence-electron chi connectivity index (χ0n) is 14.6. The first-order valence-electron chi connectivity index (χ1n) is 8.54. The summed E-state index contributed by atoms with van der Waals surface area (Å²) >= 11 is 0. The molecule has 3 aromatic carbocycles. The van der Waals surface area contributed by atoms with Crippen molar-refractivity contribution in [1.29, 1.82) is 0 Å². The third-order valence-corrected chi connectivity index (χ3v) is 5.36. The lowest BCUT2D eigenvalue weighted by molar-refractivity contribution is 0.362. The SMILES string of the molecule is C[C@@H](Cc1ccccc1)NP(=O)(Oc1ccccc1)Oc1ccccc1. The Balaban J connectivity index is 1.76. The second-order valence-corrected chi connectivity index (χ2v) is 7.64. The van der Waals surface area contributed by atoms with Gasteiger partial charge in [-0.15, -0.1) is 0 Å². The molecular weight excluding hydrogens is 345 g/mol. The van der Waals surface area contributed by atoms with Gasteiger partial charge in [-0.05, 0) is 43.2 Å². The van der Waals surface area contributed by atoms with E-state index in [-0.39, 0.29) is 6.04 Å². The first-order valence-corrected chi connectivity index (χ1v) is 10.1. The van der Waals surface area contributed by atoms with Crippen molar-refractivity contribution in [2.75, 3.05) is 0 Å². The Bertz CT molecular complexity index is 795. The molecule has 0 radical (unpaired) electrons. The smallest absolute Gasteiger partial charge is 0.405 e. The molecule has 3 aromatic rings. The van der Waals surface area contributed by atoms with Crippen LogP contribution in [-0.2, 0) is 11.0 Å². The van der Waals surface area contributed by atoms with Crippen LogP contribution in [0.5, 0.6) is 11.5 Å². The third kappa shape index (κ3) is 5.48. The maximum Gasteiger partial charge on any atom is 0.513 e. The van der Waals surface area contributed by atoms with Crippen molar-refractivity contribution in [3.05, 3.63) is 96.6 Å². The van der Waals surface area contributed by atoms with Crippen LogP contribution >= 0.6 is 7.75 Å². The Morgan fingerprint density at radius 2 is 1.19 bits per heavy atom. The molecule has 0 spiro atoms. The molecule has 0 fully saturated rings. The molecule has 0 aliphatic carbocycles. The van der Waals surface area contributed by atoms with Gasteiger partial charge in [-0.1, -0.05) is 66.7 Å². The predicted molar refractivity (Wildman–Crippen MR) is 104 cm³/mol. The van der Waals surface area contributed by atoms with E-state index in [1.807, 2.05) is 73.7 Å². The van der Waals surface area contributed by atoms with Gasteiger partial charge in [0, 0.05) is 6.04 Å². The van der Waals surface area contributed by atoms with E-state index in [0.29, 0.717) is 17.9 Å². The van der Waals surface area contributed by atoms with E-state index >= 15 is 0 Å². The van der Waals surface area contributed by atoms with Crippen molar-refractivity contribution >= 4 is 7.75 Å². The van der Waals surface area contributed by atoms with Gasteiger partial charge < -0.3 is 9.05 Å². The van der Waals surface area contributed by atoms with E-state index in [1.54, 1.807) is 24.3 Å². The molecule has 0 saturated heterocycles. The summed E-state index contributed by atoms with van der Waals surface area (Å²) in [4.78, 5) is 0. The first kappa shape index (κ1) is 18.2. The fourth-order valence-corrected chi connectivity index (χ4v) is 4.17. The van der Waals surface area contributed by atoms with Crippen molar-refractivity contribution in [2.24, 2.45) is 0 Å². The van der Waals surface area contributed by atoms with Gasteiger partial charge in [0.25, 0.3) is 0 Å². The van der Waals surface area contributed by atoms with Crippen LogP contribution in [-0.4, -0.2) is 6.04 Å². The van der Waals surface area contributed by atoms with Crippen molar-refractivity contribution in [3.63, 3.8) is 0 Å². The number of hydrogen-bond donors (Lipinski definition) is 1. The molecule has 0 bridgehead atoms. The van der Waals surface area contributed by atoms with Gasteiger partial charge in [0.2, 0.25) is 0 Å². The topological polar surface area (TPSA) is 47.6 Å². The lowest BCUT2D eigenvalue weighted by Crippen LogP contribution is -2.29. The number of rotatable bonds is 8. The highest BCUT2D eigenvalue weighted by Gasteiger charge is 2.30. The minimum absolute atomic E-state index is 0.101. The second-order valence-electron chi connectivity index (χ2n) is 6.03. The van der Waals surface area contributed by atoms with Gasteiger partial charge >= 0.3 is 7.75 Å². The maximum absolute atomic E-state index is 13.4. The molecule has 1 atom stereocenters. The minimum Gasteiger partial charge on any atom is -0.405 e. The molecule has 134 valence electrons. The summed E-state index contributed by atoms with van der Waals surface area (Å²) < 4.78 is 24.9. The quantitative estimate of drug-likeness (QED) is 0.536. The van der Waals surface area contributed by atoms with E-state index in [0.717, 1.165) is 5.56 Å². The third-order valence-electron chi connectivity index (χ3n) is 3.70. The molecule has 5 heteroatoms. The number of para-hydroxylation sites is 2. The molecule has 0 heterocycles. The lowest BCUT2D eigenvalue weighted by Gasteiger charge is -2.24. The number of hydrogen-bond acceptors (Lipinski definition) is 3. The molecular formula is C21H22NO3P. The van der Waals surface area contributed by atoms with Gasteiger partial charge in [-0.2, -0.15) is 5.09 Å².